The van der Waals surface area contributed by atoms with Crippen LogP contribution in [0.1, 0.15) is 43.2 Å². The second kappa shape index (κ2) is 6.10. The maximum absolute atomic E-state index is 13.2. The summed E-state index contributed by atoms with van der Waals surface area (Å²) in [7, 11) is 1.14. The largest absolute Gasteiger partial charge is 0.496 e. The number of aliphatic carboxylic acids is 1. The van der Waals surface area contributed by atoms with Crippen molar-refractivity contribution >= 4 is 21.9 Å². The summed E-state index contributed by atoms with van der Waals surface area (Å²) in [5, 5.41) is 9.69. The summed E-state index contributed by atoms with van der Waals surface area (Å²) in [6.45, 7) is 0. The molecular weight excluding hydrogens is 365 g/mol. The second-order valence-electron chi connectivity index (χ2n) is 5.48. The lowest BCUT2D eigenvalue weighted by atomic mass is 9.69. The Balaban J connectivity index is 2.72. The van der Waals surface area contributed by atoms with Crippen LogP contribution in [-0.4, -0.2) is 18.2 Å². The maximum Gasteiger partial charge on any atom is 0.420 e. The van der Waals surface area contributed by atoms with Gasteiger partial charge in [-0.1, -0.05) is 35.2 Å². The van der Waals surface area contributed by atoms with E-state index in [1.807, 2.05) is 0 Å². The summed E-state index contributed by atoms with van der Waals surface area (Å²) >= 11 is 3.06. The van der Waals surface area contributed by atoms with E-state index in [4.69, 9.17) is 4.74 Å². The van der Waals surface area contributed by atoms with Gasteiger partial charge >= 0.3 is 12.1 Å². The Morgan fingerprint density at radius 3 is 2.32 bits per heavy atom. The third kappa shape index (κ3) is 2.95. The Morgan fingerprint density at radius 1 is 1.27 bits per heavy atom. The lowest BCUT2D eigenvalue weighted by Gasteiger charge is -2.35. The molecule has 0 bridgehead atoms. The molecule has 1 aliphatic rings. The van der Waals surface area contributed by atoms with Crippen molar-refractivity contribution in [2.75, 3.05) is 7.11 Å². The van der Waals surface area contributed by atoms with E-state index in [0.29, 0.717) is 25.7 Å². The first kappa shape index (κ1) is 17.1. The van der Waals surface area contributed by atoms with Crippen LogP contribution in [0.2, 0.25) is 0 Å². The maximum atomic E-state index is 13.2. The molecule has 0 aromatic heterocycles. The van der Waals surface area contributed by atoms with Gasteiger partial charge in [0.05, 0.1) is 18.1 Å². The number of carbonyl (C=O) groups is 1. The van der Waals surface area contributed by atoms with Gasteiger partial charge < -0.3 is 9.84 Å². The predicted molar refractivity (Wildman–Crippen MR) is 78.1 cm³/mol. The number of carboxylic acids is 1. The highest BCUT2D eigenvalue weighted by atomic mass is 79.9. The zero-order chi connectivity index (χ0) is 16.5. The number of ether oxygens (including phenoxy) is 1. The van der Waals surface area contributed by atoms with Crippen LogP contribution < -0.4 is 4.74 Å². The topological polar surface area (TPSA) is 46.5 Å². The molecule has 0 aliphatic heterocycles. The summed E-state index contributed by atoms with van der Waals surface area (Å²) in [5.41, 5.74) is -2.18. The van der Waals surface area contributed by atoms with E-state index in [1.54, 1.807) is 0 Å². The van der Waals surface area contributed by atoms with Crippen molar-refractivity contribution in [3.8, 4) is 5.75 Å². The second-order valence-corrected chi connectivity index (χ2v) is 6.40. The highest BCUT2D eigenvalue weighted by Gasteiger charge is 2.46. The Kier molecular flexibility index (Phi) is 4.75. The molecule has 7 heteroatoms. The molecule has 1 aromatic carbocycles. The van der Waals surface area contributed by atoms with Crippen LogP contribution in [0, 0.1) is 0 Å². The number of hydrogen-bond acceptors (Lipinski definition) is 2. The summed E-state index contributed by atoms with van der Waals surface area (Å²) in [4.78, 5) is 11.9. The molecule has 0 atom stereocenters. The summed E-state index contributed by atoms with van der Waals surface area (Å²) in [6, 6.07) is 2.36. The van der Waals surface area contributed by atoms with Gasteiger partial charge in [-0.15, -0.1) is 0 Å². The lowest BCUT2D eigenvalue weighted by Crippen LogP contribution is -2.38. The molecular formula is C15H16BrF3O3. The van der Waals surface area contributed by atoms with Crippen LogP contribution in [0.4, 0.5) is 13.2 Å². The highest BCUT2D eigenvalue weighted by Crippen LogP contribution is 2.48. The molecule has 0 saturated heterocycles. The van der Waals surface area contributed by atoms with Crippen LogP contribution in [-0.2, 0) is 16.4 Å². The fourth-order valence-corrected chi connectivity index (χ4v) is 3.59. The zero-order valence-electron chi connectivity index (χ0n) is 12.0. The van der Waals surface area contributed by atoms with E-state index in [1.165, 1.54) is 6.07 Å². The molecule has 0 radical (unpaired) electrons. The van der Waals surface area contributed by atoms with E-state index in [-0.39, 0.29) is 15.8 Å². The SMILES string of the molecule is COc1c(C(F)(F)F)cc(Br)cc1C1(C(=O)O)CCCCC1. The lowest BCUT2D eigenvalue weighted by molar-refractivity contribution is -0.146. The van der Waals surface area contributed by atoms with E-state index in [0.717, 1.165) is 19.6 Å². The van der Waals surface area contributed by atoms with Gasteiger partial charge in [-0.3, -0.25) is 4.79 Å². The third-order valence-corrected chi connectivity index (χ3v) is 4.65. The molecule has 1 fully saturated rings. The molecule has 1 aromatic rings. The number of hydrogen-bond donors (Lipinski definition) is 1. The predicted octanol–water partition coefficient (Wildman–Crippen LogP) is 4.76. The van der Waals surface area contributed by atoms with Gasteiger partial charge in [0.25, 0.3) is 0 Å². The van der Waals surface area contributed by atoms with E-state index >= 15 is 0 Å². The molecule has 3 nitrogen and oxygen atoms in total. The third-order valence-electron chi connectivity index (χ3n) is 4.20. The Hall–Kier alpha value is -1.24. The molecule has 0 unspecified atom stereocenters. The minimum absolute atomic E-state index is 0.101. The Morgan fingerprint density at radius 2 is 1.86 bits per heavy atom. The van der Waals surface area contributed by atoms with Crippen molar-refractivity contribution in [2.45, 2.75) is 43.7 Å². The van der Waals surface area contributed by atoms with Gasteiger partial charge in [0.15, 0.2) is 0 Å². The average Bonchev–Trinajstić information content (AvgIpc) is 2.46. The van der Waals surface area contributed by atoms with Gasteiger partial charge in [-0.05, 0) is 25.0 Å². The number of alkyl halides is 3. The van der Waals surface area contributed by atoms with Crippen molar-refractivity contribution in [1.29, 1.82) is 0 Å². The van der Waals surface area contributed by atoms with Crippen LogP contribution >= 0.6 is 15.9 Å². The summed E-state index contributed by atoms with van der Waals surface area (Å²) in [6.07, 6.45) is -1.76. The fourth-order valence-electron chi connectivity index (χ4n) is 3.13. The van der Waals surface area contributed by atoms with Crippen LogP contribution in [0.15, 0.2) is 16.6 Å². The summed E-state index contributed by atoms with van der Waals surface area (Å²) in [5.74, 6) is -1.49. The monoisotopic (exact) mass is 380 g/mol. The van der Waals surface area contributed by atoms with Gasteiger partial charge in [-0.25, -0.2) is 0 Å². The Bertz CT molecular complexity index is 578. The standard InChI is InChI=1S/C15H16BrF3O3/c1-22-12-10(7-9(16)8-11(12)15(17,18)19)14(13(20)21)5-3-2-4-6-14/h7-8H,2-6H2,1H3,(H,20,21). The van der Waals surface area contributed by atoms with E-state index < -0.39 is 23.1 Å². The van der Waals surface area contributed by atoms with Gasteiger partial charge in [0.1, 0.15) is 5.75 Å². The highest BCUT2D eigenvalue weighted by molar-refractivity contribution is 9.10. The smallest absolute Gasteiger partial charge is 0.420 e. The molecule has 1 N–H and O–H groups in total. The number of rotatable bonds is 3. The van der Waals surface area contributed by atoms with Crippen molar-refractivity contribution in [1.82, 2.24) is 0 Å². The number of halogens is 4. The van der Waals surface area contributed by atoms with Gasteiger partial charge in [-0.2, -0.15) is 13.2 Å². The first-order chi connectivity index (χ1) is 10.2. The first-order valence-electron chi connectivity index (χ1n) is 6.91. The number of methoxy groups -OCH3 is 1. The molecule has 1 aliphatic carbocycles. The number of carboxylic acid groups (broad SMARTS) is 1. The molecule has 122 valence electrons. The average molecular weight is 381 g/mol. The van der Waals surface area contributed by atoms with Crippen molar-refractivity contribution in [3.63, 3.8) is 0 Å². The van der Waals surface area contributed by atoms with Gasteiger partial charge in [0, 0.05) is 10.0 Å². The Labute approximate surface area is 134 Å². The van der Waals surface area contributed by atoms with Gasteiger partial charge in [0.2, 0.25) is 0 Å². The van der Waals surface area contributed by atoms with E-state index in [2.05, 4.69) is 15.9 Å². The van der Waals surface area contributed by atoms with E-state index in [9.17, 15) is 23.1 Å². The van der Waals surface area contributed by atoms with Crippen molar-refractivity contribution in [3.05, 3.63) is 27.7 Å². The molecule has 0 heterocycles. The van der Waals surface area contributed by atoms with Crippen LogP contribution in [0.3, 0.4) is 0 Å². The molecule has 0 spiro atoms. The zero-order valence-corrected chi connectivity index (χ0v) is 13.6. The quantitative estimate of drug-likeness (QED) is 0.821. The van der Waals surface area contributed by atoms with Crippen LogP contribution in [0.5, 0.6) is 5.75 Å². The minimum atomic E-state index is -4.61. The minimum Gasteiger partial charge on any atom is -0.496 e. The summed E-state index contributed by atoms with van der Waals surface area (Å²) < 4.78 is 44.9. The van der Waals surface area contributed by atoms with Crippen molar-refractivity contribution in [2.24, 2.45) is 0 Å². The molecule has 2 rings (SSSR count). The van der Waals surface area contributed by atoms with Crippen LogP contribution in [0.25, 0.3) is 0 Å². The molecule has 1 saturated carbocycles. The molecule has 22 heavy (non-hydrogen) atoms. The fraction of sp³-hybridized carbons (Fsp3) is 0.533. The van der Waals surface area contributed by atoms with Crippen molar-refractivity contribution < 1.29 is 27.8 Å². The first-order valence-corrected chi connectivity index (χ1v) is 7.70. The molecule has 0 amide bonds. The normalized spacial score (nSPS) is 18.0. The number of benzene rings is 1.